The van der Waals surface area contributed by atoms with Gasteiger partial charge in [-0.05, 0) is 18.6 Å². The molecule has 4 N–H and O–H groups in total. The molecular weight excluding hydrogens is 214 g/mol. The van der Waals surface area contributed by atoms with E-state index in [1.54, 1.807) is 6.92 Å². The van der Waals surface area contributed by atoms with Crippen molar-refractivity contribution in [2.45, 2.75) is 19.1 Å². The molecule has 0 aromatic carbocycles. The molecule has 16 heavy (non-hydrogen) atoms. The Bertz CT molecular complexity index is 393. The van der Waals surface area contributed by atoms with E-state index in [4.69, 9.17) is 10.2 Å². The first kappa shape index (κ1) is 12.6. The molecule has 1 aromatic rings. The molecule has 1 rings (SSSR count). The van der Waals surface area contributed by atoms with Crippen molar-refractivity contribution in [1.82, 2.24) is 4.98 Å². The first-order valence-electron chi connectivity index (χ1n) is 4.64. The Morgan fingerprint density at radius 3 is 2.62 bits per heavy atom. The van der Waals surface area contributed by atoms with Gasteiger partial charge in [-0.1, -0.05) is 0 Å². The smallest absolute Gasteiger partial charge is 0.354 e. The van der Waals surface area contributed by atoms with E-state index in [2.05, 4.69) is 4.98 Å². The summed E-state index contributed by atoms with van der Waals surface area (Å²) in [5.41, 5.74) is 0.323. The SMILES string of the molecule is Cc1cnc(C(=O)O)c(C(O)C(O)CO)c1. The van der Waals surface area contributed by atoms with Gasteiger partial charge in [0.1, 0.15) is 12.2 Å². The van der Waals surface area contributed by atoms with E-state index in [0.717, 1.165) is 0 Å². The summed E-state index contributed by atoms with van der Waals surface area (Å²) >= 11 is 0. The Hall–Kier alpha value is -1.50. The number of aromatic carboxylic acids is 1. The molecule has 0 aliphatic heterocycles. The minimum absolute atomic E-state index is 0.00551. The van der Waals surface area contributed by atoms with Crippen molar-refractivity contribution in [3.8, 4) is 0 Å². The number of rotatable bonds is 4. The highest BCUT2D eigenvalue weighted by atomic mass is 16.4. The van der Waals surface area contributed by atoms with E-state index >= 15 is 0 Å². The lowest BCUT2D eigenvalue weighted by molar-refractivity contribution is -0.0160. The predicted molar refractivity (Wildman–Crippen MR) is 54.0 cm³/mol. The third-order valence-corrected chi connectivity index (χ3v) is 2.13. The summed E-state index contributed by atoms with van der Waals surface area (Å²) in [7, 11) is 0. The third kappa shape index (κ3) is 2.54. The van der Waals surface area contributed by atoms with Crippen LogP contribution in [-0.2, 0) is 0 Å². The minimum Gasteiger partial charge on any atom is -0.477 e. The Labute approximate surface area is 91.8 Å². The molecule has 0 spiro atoms. The molecule has 88 valence electrons. The van der Waals surface area contributed by atoms with Crippen LogP contribution in [0, 0.1) is 6.92 Å². The maximum atomic E-state index is 10.8. The van der Waals surface area contributed by atoms with Crippen LogP contribution in [-0.4, -0.2) is 44.1 Å². The summed E-state index contributed by atoms with van der Waals surface area (Å²) in [6.45, 7) is 1.02. The third-order valence-electron chi connectivity index (χ3n) is 2.13. The summed E-state index contributed by atoms with van der Waals surface area (Å²) in [5.74, 6) is -1.29. The second-order valence-electron chi connectivity index (χ2n) is 3.45. The molecule has 0 aliphatic rings. The molecule has 2 atom stereocenters. The number of hydrogen-bond donors (Lipinski definition) is 4. The van der Waals surface area contributed by atoms with Crippen LogP contribution in [0.2, 0.25) is 0 Å². The largest absolute Gasteiger partial charge is 0.477 e. The van der Waals surface area contributed by atoms with Crippen molar-refractivity contribution < 1.29 is 25.2 Å². The lowest BCUT2D eigenvalue weighted by atomic mass is 10.0. The van der Waals surface area contributed by atoms with E-state index in [-0.39, 0.29) is 11.3 Å². The maximum absolute atomic E-state index is 10.8. The topological polar surface area (TPSA) is 111 Å². The van der Waals surface area contributed by atoms with Crippen LogP contribution in [0.15, 0.2) is 12.3 Å². The monoisotopic (exact) mass is 227 g/mol. The van der Waals surface area contributed by atoms with Crippen molar-refractivity contribution in [2.75, 3.05) is 6.61 Å². The van der Waals surface area contributed by atoms with Gasteiger partial charge in [-0.2, -0.15) is 0 Å². The molecule has 1 heterocycles. The molecule has 2 unspecified atom stereocenters. The van der Waals surface area contributed by atoms with E-state index in [1.807, 2.05) is 0 Å². The van der Waals surface area contributed by atoms with E-state index in [1.165, 1.54) is 12.3 Å². The highest BCUT2D eigenvalue weighted by Gasteiger charge is 2.24. The van der Waals surface area contributed by atoms with Crippen LogP contribution < -0.4 is 0 Å². The molecule has 6 heteroatoms. The van der Waals surface area contributed by atoms with Crippen molar-refractivity contribution in [2.24, 2.45) is 0 Å². The number of aliphatic hydroxyl groups excluding tert-OH is 3. The Morgan fingerprint density at radius 2 is 2.12 bits per heavy atom. The number of aromatic nitrogens is 1. The quantitative estimate of drug-likeness (QED) is 0.550. The van der Waals surface area contributed by atoms with Gasteiger partial charge < -0.3 is 20.4 Å². The number of carbonyl (C=O) groups is 1. The number of carboxylic acids is 1. The van der Waals surface area contributed by atoms with Gasteiger partial charge in [0.2, 0.25) is 0 Å². The van der Waals surface area contributed by atoms with E-state index < -0.39 is 24.8 Å². The van der Waals surface area contributed by atoms with Gasteiger partial charge in [0.25, 0.3) is 0 Å². The van der Waals surface area contributed by atoms with E-state index in [0.29, 0.717) is 5.56 Å². The average Bonchev–Trinajstić information content (AvgIpc) is 2.26. The Morgan fingerprint density at radius 1 is 1.50 bits per heavy atom. The van der Waals surface area contributed by atoms with Crippen LogP contribution in [0.4, 0.5) is 0 Å². The fraction of sp³-hybridized carbons (Fsp3) is 0.400. The van der Waals surface area contributed by atoms with Gasteiger partial charge in [0, 0.05) is 11.8 Å². The molecule has 0 radical (unpaired) electrons. The van der Waals surface area contributed by atoms with Gasteiger partial charge in [0.15, 0.2) is 5.69 Å². The Balaban J connectivity index is 3.19. The Kier molecular flexibility index (Phi) is 3.94. The van der Waals surface area contributed by atoms with Crippen molar-refractivity contribution in [3.05, 3.63) is 29.1 Å². The van der Waals surface area contributed by atoms with Crippen molar-refractivity contribution in [3.63, 3.8) is 0 Å². The normalized spacial score (nSPS) is 14.5. The van der Waals surface area contributed by atoms with E-state index in [9.17, 15) is 15.0 Å². The fourth-order valence-corrected chi connectivity index (χ4v) is 1.30. The maximum Gasteiger partial charge on any atom is 0.354 e. The number of aryl methyl sites for hydroxylation is 1. The van der Waals surface area contributed by atoms with Crippen LogP contribution >= 0.6 is 0 Å². The molecular formula is C10H13NO5. The average molecular weight is 227 g/mol. The molecule has 0 aliphatic carbocycles. The zero-order valence-corrected chi connectivity index (χ0v) is 8.66. The molecule has 1 aromatic heterocycles. The molecule has 0 saturated carbocycles. The number of hydrogen-bond acceptors (Lipinski definition) is 5. The predicted octanol–water partition coefficient (Wildman–Crippen LogP) is -0.525. The standard InChI is InChI=1S/C10H13NO5/c1-5-2-6(9(14)7(13)4-12)8(10(15)16)11-3-5/h2-3,7,9,12-14H,4H2,1H3,(H,15,16). The lowest BCUT2D eigenvalue weighted by Crippen LogP contribution is -2.24. The van der Waals surface area contributed by atoms with Gasteiger partial charge >= 0.3 is 5.97 Å². The minimum atomic E-state index is -1.47. The molecule has 0 saturated heterocycles. The second-order valence-corrected chi connectivity index (χ2v) is 3.45. The molecule has 6 nitrogen and oxygen atoms in total. The number of aliphatic hydroxyl groups is 3. The van der Waals surface area contributed by atoms with Crippen LogP contribution in [0.3, 0.4) is 0 Å². The zero-order chi connectivity index (χ0) is 12.3. The summed E-state index contributed by atoms with van der Waals surface area (Å²) in [6.07, 6.45) is -1.55. The summed E-state index contributed by atoms with van der Waals surface area (Å²) < 4.78 is 0. The highest BCUT2D eigenvalue weighted by Crippen LogP contribution is 2.21. The van der Waals surface area contributed by atoms with Crippen LogP contribution in [0.1, 0.15) is 27.7 Å². The lowest BCUT2D eigenvalue weighted by Gasteiger charge is -2.17. The van der Waals surface area contributed by atoms with Crippen LogP contribution in [0.5, 0.6) is 0 Å². The van der Waals surface area contributed by atoms with Crippen molar-refractivity contribution >= 4 is 5.97 Å². The second kappa shape index (κ2) is 5.02. The van der Waals surface area contributed by atoms with Crippen molar-refractivity contribution in [1.29, 1.82) is 0 Å². The fourth-order valence-electron chi connectivity index (χ4n) is 1.30. The highest BCUT2D eigenvalue weighted by molar-refractivity contribution is 5.87. The zero-order valence-electron chi connectivity index (χ0n) is 8.66. The van der Waals surface area contributed by atoms with Gasteiger partial charge in [-0.3, -0.25) is 0 Å². The van der Waals surface area contributed by atoms with Crippen LogP contribution in [0.25, 0.3) is 0 Å². The van der Waals surface area contributed by atoms with Gasteiger partial charge in [-0.15, -0.1) is 0 Å². The first-order valence-corrected chi connectivity index (χ1v) is 4.64. The molecule has 0 bridgehead atoms. The molecule has 0 fully saturated rings. The summed E-state index contributed by atoms with van der Waals surface area (Å²) in [5, 5.41) is 36.4. The van der Waals surface area contributed by atoms with Gasteiger partial charge in [0.05, 0.1) is 6.61 Å². The number of carboxylic acid groups (broad SMARTS) is 1. The molecule has 0 amide bonds. The number of pyridine rings is 1. The summed E-state index contributed by atoms with van der Waals surface area (Å²) in [4.78, 5) is 14.5. The number of nitrogens with zero attached hydrogens (tertiary/aromatic N) is 1. The first-order chi connectivity index (χ1) is 7.47. The van der Waals surface area contributed by atoms with Gasteiger partial charge in [-0.25, -0.2) is 9.78 Å². The summed E-state index contributed by atoms with van der Waals surface area (Å²) in [6, 6.07) is 1.42.